The molecule has 0 spiro atoms. The number of carbonyl (C=O) groups is 1. The molecule has 0 radical (unpaired) electrons. The largest absolute Gasteiger partial charge is 0.493 e. The lowest BCUT2D eigenvalue weighted by Gasteiger charge is -2.30. The van der Waals surface area contributed by atoms with Crippen molar-refractivity contribution in [2.45, 2.75) is 18.8 Å². The fraction of sp³-hybridized carbons (Fsp3) is 0.346. The normalized spacial score (nSPS) is 14.9. The molecule has 0 atom stereocenters. The molecule has 6 heteroatoms. The minimum Gasteiger partial charge on any atom is -0.493 e. The maximum Gasteiger partial charge on any atom is 0.203 e. The summed E-state index contributed by atoms with van der Waals surface area (Å²) >= 11 is 0. The van der Waals surface area contributed by atoms with E-state index in [0.29, 0.717) is 34.3 Å². The smallest absolute Gasteiger partial charge is 0.203 e. The van der Waals surface area contributed by atoms with Gasteiger partial charge in [0.25, 0.3) is 0 Å². The van der Waals surface area contributed by atoms with Crippen LogP contribution in [0.3, 0.4) is 0 Å². The predicted molar refractivity (Wildman–Crippen MR) is 123 cm³/mol. The van der Waals surface area contributed by atoms with Crippen LogP contribution in [0.4, 0.5) is 0 Å². The van der Waals surface area contributed by atoms with Crippen LogP contribution in [0.1, 0.15) is 40.2 Å². The average molecular weight is 436 g/mol. The van der Waals surface area contributed by atoms with Crippen LogP contribution in [-0.2, 0) is 0 Å². The summed E-state index contributed by atoms with van der Waals surface area (Å²) in [7, 11) is 6.78. The zero-order valence-electron chi connectivity index (χ0n) is 19.0. The van der Waals surface area contributed by atoms with Gasteiger partial charge in [-0.25, -0.2) is 0 Å². The van der Waals surface area contributed by atoms with Crippen LogP contribution >= 0.6 is 0 Å². The first-order chi connectivity index (χ1) is 15.5. The van der Waals surface area contributed by atoms with Crippen LogP contribution < -0.4 is 14.2 Å². The van der Waals surface area contributed by atoms with Crippen molar-refractivity contribution >= 4 is 5.78 Å². The van der Waals surface area contributed by atoms with Crippen LogP contribution in [0.5, 0.6) is 17.2 Å². The van der Waals surface area contributed by atoms with Gasteiger partial charge in [-0.2, -0.15) is 0 Å². The summed E-state index contributed by atoms with van der Waals surface area (Å²) in [5.41, 5.74) is 3.13. The zero-order chi connectivity index (χ0) is 22.7. The number of carbonyl (C=O) groups excluding carboxylic acids is 1. The number of methoxy groups -OCH3 is 3. The van der Waals surface area contributed by atoms with Gasteiger partial charge in [0.2, 0.25) is 5.75 Å². The van der Waals surface area contributed by atoms with Crippen molar-refractivity contribution in [3.05, 3.63) is 65.4 Å². The van der Waals surface area contributed by atoms with Gasteiger partial charge in [-0.05, 0) is 74.8 Å². The van der Waals surface area contributed by atoms with E-state index in [2.05, 4.69) is 18.0 Å². The van der Waals surface area contributed by atoms with E-state index in [0.717, 1.165) is 42.8 Å². The van der Waals surface area contributed by atoms with Crippen molar-refractivity contribution in [1.29, 1.82) is 0 Å². The van der Waals surface area contributed by atoms with E-state index >= 15 is 0 Å². The summed E-state index contributed by atoms with van der Waals surface area (Å²) in [5.74, 6) is 2.37. The van der Waals surface area contributed by atoms with Crippen LogP contribution in [0.25, 0.3) is 11.3 Å². The summed E-state index contributed by atoms with van der Waals surface area (Å²) in [4.78, 5) is 16.2. The Morgan fingerprint density at radius 2 is 1.66 bits per heavy atom. The first kappa shape index (κ1) is 22.0. The van der Waals surface area contributed by atoms with Crippen molar-refractivity contribution in [3.8, 4) is 28.6 Å². The standard InChI is InChI=1S/C26H29NO5/c1-27-11-9-17(10-12-27)20-8-7-18(22-6-5-13-32-22)14-21(20)25(28)19-15-23(29-2)26(31-4)24(16-19)30-3/h5-8,13-17H,9-12H2,1-4H3. The highest BCUT2D eigenvalue weighted by Crippen LogP contribution is 2.40. The van der Waals surface area contributed by atoms with E-state index < -0.39 is 0 Å². The van der Waals surface area contributed by atoms with Crippen molar-refractivity contribution in [3.63, 3.8) is 0 Å². The summed E-state index contributed by atoms with van der Waals surface area (Å²) in [5, 5.41) is 0. The van der Waals surface area contributed by atoms with E-state index in [4.69, 9.17) is 18.6 Å². The number of furan rings is 1. The first-order valence-corrected chi connectivity index (χ1v) is 10.8. The predicted octanol–water partition coefficient (Wildman–Crippen LogP) is 5.01. The number of nitrogens with zero attached hydrogens (tertiary/aromatic N) is 1. The third-order valence-electron chi connectivity index (χ3n) is 6.19. The minimum absolute atomic E-state index is 0.0772. The fourth-order valence-corrected chi connectivity index (χ4v) is 4.39. The van der Waals surface area contributed by atoms with E-state index in [1.54, 1.807) is 39.7 Å². The lowest BCUT2D eigenvalue weighted by atomic mass is 9.83. The molecule has 1 fully saturated rings. The Kier molecular flexibility index (Phi) is 6.51. The molecule has 1 saturated heterocycles. The van der Waals surface area contributed by atoms with E-state index in [1.807, 2.05) is 24.3 Å². The van der Waals surface area contributed by atoms with E-state index in [1.165, 1.54) is 0 Å². The molecule has 4 rings (SSSR count). The second-order valence-electron chi connectivity index (χ2n) is 8.10. The van der Waals surface area contributed by atoms with Crippen LogP contribution in [0.2, 0.25) is 0 Å². The Bertz CT molecular complexity index is 1060. The Labute approximate surface area is 188 Å². The number of ether oxygens (including phenoxy) is 3. The van der Waals surface area contributed by atoms with Gasteiger partial charge < -0.3 is 23.5 Å². The van der Waals surface area contributed by atoms with Crippen LogP contribution in [0.15, 0.2) is 53.1 Å². The summed E-state index contributed by atoms with van der Waals surface area (Å²) in [6.45, 7) is 2.03. The molecule has 2 heterocycles. The summed E-state index contributed by atoms with van der Waals surface area (Å²) in [6.07, 6.45) is 3.68. The molecule has 3 aromatic rings. The Morgan fingerprint density at radius 1 is 0.969 bits per heavy atom. The molecular formula is C26H29NO5. The lowest BCUT2D eigenvalue weighted by Crippen LogP contribution is -2.29. The molecule has 32 heavy (non-hydrogen) atoms. The number of piperidine rings is 1. The second kappa shape index (κ2) is 9.49. The monoisotopic (exact) mass is 435 g/mol. The van der Waals surface area contributed by atoms with E-state index in [9.17, 15) is 4.79 Å². The number of benzene rings is 2. The van der Waals surface area contributed by atoms with Crippen molar-refractivity contribution in [2.24, 2.45) is 0 Å². The first-order valence-electron chi connectivity index (χ1n) is 10.8. The van der Waals surface area contributed by atoms with Gasteiger partial charge in [-0.1, -0.05) is 12.1 Å². The number of likely N-dealkylation sites (tertiary alicyclic amines) is 1. The molecule has 0 bridgehead atoms. The summed E-state index contributed by atoms with van der Waals surface area (Å²) < 4.78 is 21.9. The van der Waals surface area contributed by atoms with Gasteiger partial charge in [0, 0.05) is 16.7 Å². The average Bonchev–Trinajstić information content (AvgIpc) is 3.38. The summed E-state index contributed by atoms with van der Waals surface area (Å²) in [6, 6.07) is 13.2. The van der Waals surface area contributed by atoms with Gasteiger partial charge in [0.1, 0.15) is 5.76 Å². The van der Waals surface area contributed by atoms with Crippen molar-refractivity contribution in [1.82, 2.24) is 4.90 Å². The van der Waals surface area contributed by atoms with Crippen LogP contribution in [-0.4, -0.2) is 52.1 Å². The molecule has 168 valence electrons. The lowest BCUT2D eigenvalue weighted by molar-refractivity contribution is 0.103. The molecule has 0 saturated carbocycles. The molecule has 1 aliphatic heterocycles. The quantitative estimate of drug-likeness (QED) is 0.486. The fourth-order valence-electron chi connectivity index (χ4n) is 4.39. The maximum atomic E-state index is 13.8. The highest BCUT2D eigenvalue weighted by Gasteiger charge is 2.26. The minimum atomic E-state index is -0.0772. The molecule has 2 aromatic carbocycles. The molecule has 6 nitrogen and oxygen atoms in total. The number of ketones is 1. The zero-order valence-corrected chi connectivity index (χ0v) is 19.0. The number of hydrogen-bond acceptors (Lipinski definition) is 6. The number of hydrogen-bond donors (Lipinski definition) is 0. The van der Waals surface area contributed by atoms with Gasteiger partial charge >= 0.3 is 0 Å². The molecule has 0 N–H and O–H groups in total. The van der Waals surface area contributed by atoms with Gasteiger partial charge in [-0.15, -0.1) is 0 Å². The van der Waals surface area contributed by atoms with Gasteiger partial charge in [0.15, 0.2) is 17.3 Å². The van der Waals surface area contributed by atoms with Gasteiger partial charge in [0.05, 0.1) is 27.6 Å². The third kappa shape index (κ3) is 4.23. The van der Waals surface area contributed by atoms with Crippen molar-refractivity contribution in [2.75, 3.05) is 41.5 Å². The topological polar surface area (TPSA) is 61.1 Å². The Morgan fingerprint density at radius 3 is 2.22 bits per heavy atom. The molecule has 0 unspecified atom stereocenters. The van der Waals surface area contributed by atoms with E-state index in [-0.39, 0.29) is 5.78 Å². The SMILES string of the molecule is COc1cc(C(=O)c2cc(-c3ccco3)ccc2C2CCN(C)CC2)cc(OC)c1OC. The molecule has 1 aliphatic rings. The number of rotatable bonds is 7. The Hall–Kier alpha value is -3.25. The highest BCUT2D eigenvalue weighted by molar-refractivity contribution is 6.11. The molecular weight excluding hydrogens is 406 g/mol. The van der Waals surface area contributed by atoms with Gasteiger partial charge in [-0.3, -0.25) is 4.79 Å². The molecule has 0 aliphatic carbocycles. The second-order valence-corrected chi connectivity index (χ2v) is 8.10. The van der Waals surface area contributed by atoms with Crippen LogP contribution in [0, 0.1) is 0 Å². The molecule has 1 aromatic heterocycles. The third-order valence-corrected chi connectivity index (χ3v) is 6.19. The maximum absolute atomic E-state index is 13.8. The highest BCUT2D eigenvalue weighted by atomic mass is 16.5. The molecule has 0 amide bonds. The van der Waals surface area contributed by atoms with Crippen molar-refractivity contribution < 1.29 is 23.4 Å². The Balaban J connectivity index is 1.81.